The SMILES string of the molecule is O/N=C/CC1C=CCCC1. The van der Waals surface area contributed by atoms with Crippen molar-refractivity contribution in [2.24, 2.45) is 11.1 Å². The molecular weight excluding hydrogens is 126 g/mol. The lowest BCUT2D eigenvalue weighted by Gasteiger charge is -2.12. The van der Waals surface area contributed by atoms with Gasteiger partial charge in [-0.05, 0) is 31.6 Å². The van der Waals surface area contributed by atoms with Crippen LogP contribution < -0.4 is 0 Å². The molecule has 0 fully saturated rings. The van der Waals surface area contributed by atoms with Gasteiger partial charge >= 0.3 is 0 Å². The van der Waals surface area contributed by atoms with E-state index in [2.05, 4.69) is 17.3 Å². The molecule has 1 aliphatic rings. The van der Waals surface area contributed by atoms with E-state index in [4.69, 9.17) is 5.21 Å². The van der Waals surface area contributed by atoms with Crippen molar-refractivity contribution < 1.29 is 5.21 Å². The molecule has 0 aromatic rings. The third kappa shape index (κ3) is 2.21. The molecule has 0 spiro atoms. The highest BCUT2D eigenvalue weighted by atomic mass is 16.4. The molecule has 1 rings (SSSR count). The van der Waals surface area contributed by atoms with Crippen LogP contribution in [-0.2, 0) is 0 Å². The van der Waals surface area contributed by atoms with Gasteiger partial charge in [-0.2, -0.15) is 0 Å². The molecule has 10 heavy (non-hydrogen) atoms. The summed E-state index contributed by atoms with van der Waals surface area (Å²) < 4.78 is 0. The maximum Gasteiger partial charge on any atom is 0.0441 e. The molecule has 2 heteroatoms. The van der Waals surface area contributed by atoms with Gasteiger partial charge in [-0.3, -0.25) is 0 Å². The number of nitrogens with zero attached hydrogens (tertiary/aromatic N) is 1. The van der Waals surface area contributed by atoms with Crippen LogP contribution in [0.5, 0.6) is 0 Å². The van der Waals surface area contributed by atoms with E-state index < -0.39 is 0 Å². The first-order valence-electron chi connectivity index (χ1n) is 3.76. The molecule has 0 amide bonds. The van der Waals surface area contributed by atoms with Crippen LogP contribution in [0.1, 0.15) is 25.7 Å². The molecule has 0 saturated carbocycles. The summed E-state index contributed by atoms with van der Waals surface area (Å²) in [6.45, 7) is 0. The first-order chi connectivity index (χ1) is 4.93. The third-order valence-electron chi connectivity index (χ3n) is 1.84. The van der Waals surface area contributed by atoms with Crippen LogP contribution in [0.4, 0.5) is 0 Å². The lowest BCUT2D eigenvalue weighted by molar-refractivity contribution is 0.319. The van der Waals surface area contributed by atoms with E-state index in [-0.39, 0.29) is 0 Å². The molecule has 0 radical (unpaired) electrons. The van der Waals surface area contributed by atoms with Crippen LogP contribution in [-0.4, -0.2) is 11.4 Å². The highest BCUT2D eigenvalue weighted by molar-refractivity contribution is 5.56. The molecule has 0 aromatic carbocycles. The lowest BCUT2D eigenvalue weighted by atomic mass is 9.94. The van der Waals surface area contributed by atoms with Crippen LogP contribution in [0.3, 0.4) is 0 Å². The van der Waals surface area contributed by atoms with Crippen molar-refractivity contribution in [2.45, 2.75) is 25.7 Å². The Morgan fingerprint density at radius 3 is 3.20 bits per heavy atom. The fourth-order valence-corrected chi connectivity index (χ4v) is 1.26. The average molecular weight is 139 g/mol. The van der Waals surface area contributed by atoms with Crippen molar-refractivity contribution in [2.75, 3.05) is 0 Å². The van der Waals surface area contributed by atoms with E-state index in [1.165, 1.54) is 19.3 Å². The largest absolute Gasteiger partial charge is 0.411 e. The minimum atomic E-state index is 0.615. The Morgan fingerprint density at radius 1 is 1.70 bits per heavy atom. The second-order valence-corrected chi connectivity index (χ2v) is 2.65. The maximum absolute atomic E-state index is 8.14. The van der Waals surface area contributed by atoms with Crippen LogP contribution in [0.15, 0.2) is 17.3 Å². The van der Waals surface area contributed by atoms with Gasteiger partial charge in [0.1, 0.15) is 0 Å². The Bertz CT molecular complexity index is 140. The molecule has 1 atom stereocenters. The molecule has 56 valence electrons. The zero-order valence-corrected chi connectivity index (χ0v) is 6.03. The zero-order chi connectivity index (χ0) is 7.23. The summed E-state index contributed by atoms with van der Waals surface area (Å²) in [6, 6.07) is 0. The molecule has 0 aromatic heterocycles. The van der Waals surface area contributed by atoms with Crippen LogP contribution in [0, 0.1) is 5.92 Å². The second kappa shape index (κ2) is 4.09. The Kier molecular flexibility index (Phi) is 3.00. The van der Waals surface area contributed by atoms with Gasteiger partial charge in [-0.25, -0.2) is 0 Å². The van der Waals surface area contributed by atoms with Crippen molar-refractivity contribution >= 4 is 6.21 Å². The quantitative estimate of drug-likeness (QED) is 0.270. The molecule has 0 bridgehead atoms. The first-order valence-corrected chi connectivity index (χ1v) is 3.76. The zero-order valence-electron chi connectivity index (χ0n) is 6.03. The van der Waals surface area contributed by atoms with E-state index in [0.29, 0.717) is 5.92 Å². The van der Waals surface area contributed by atoms with E-state index >= 15 is 0 Å². The van der Waals surface area contributed by atoms with E-state index in [9.17, 15) is 0 Å². The summed E-state index contributed by atoms with van der Waals surface area (Å²) in [5, 5.41) is 11.1. The van der Waals surface area contributed by atoms with Crippen LogP contribution in [0.25, 0.3) is 0 Å². The van der Waals surface area contributed by atoms with Gasteiger partial charge in [0.05, 0.1) is 0 Å². The average Bonchev–Trinajstić information content (AvgIpc) is 2.03. The van der Waals surface area contributed by atoms with Crippen LogP contribution in [0.2, 0.25) is 0 Å². The number of hydrogen-bond acceptors (Lipinski definition) is 2. The predicted octanol–water partition coefficient (Wildman–Crippen LogP) is 2.19. The summed E-state index contributed by atoms with van der Waals surface area (Å²) in [4.78, 5) is 0. The van der Waals surface area contributed by atoms with Crippen molar-refractivity contribution in [1.29, 1.82) is 0 Å². The highest BCUT2D eigenvalue weighted by Gasteiger charge is 2.05. The van der Waals surface area contributed by atoms with Crippen molar-refractivity contribution in [3.63, 3.8) is 0 Å². The Hall–Kier alpha value is -0.790. The van der Waals surface area contributed by atoms with Gasteiger partial charge in [0.25, 0.3) is 0 Å². The summed E-state index contributed by atoms with van der Waals surface area (Å²) in [6.07, 6.45) is 10.6. The van der Waals surface area contributed by atoms with Gasteiger partial charge in [-0.1, -0.05) is 12.2 Å². The molecule has 1 N–H and O–H groups in total. The minimum Gasteiger partial charge on any atom is -0.411 e. The monoisotopic (exact) mass is 139 g/mol. The van der Waals surface area contributed by atoms with Crippen LogP contribution >= 0.6 is 0 Å². The third-order valence-corrected chi connectivity index (χ3v) is 1.84. The Labute approximate surface area is 61.2 Å². The molecule has 0 aliphatic heterocycles. The van der Waals surface area contributed by atoms with Gasteiger partial charge in [0, 0.05) is 6.21 Å². The molecule has 0 heterocycles. The first kappa shape index (κ1) is 7.32. The fourth-order valence-electron chi connectivity index (χ4n) is 1.26. The van der Waals surface area contributed by atoms with Gasteiger partial charge < -0.3 is 5.21 Å². The Balaban J connectivity index is 2.26. The number of allylic oxidation sites excluding steroid dienone is 2. The van der Waals surface area contributed by atoms with Crippen molar-refractivity contribution in [3.05, 3.63) is 12.2 Å². The summed E-state index contributed by atoms with van der Waals surface area (Å²) in [5.74, 6) is 0.615. The number of rotatable bonds is 2. The summed E-state index contributed by atoms with van der Waals surface area (Å²) in [5.41, 5.74) is 0. The molecular formula is C8H13NO. The molecule has 0 saturated heterocycles. The standard InChI is InChI=1S/C8H13NO/c10-9-7-6-8-4-2-1-3-5-8/h2,4,7-8,10H,1,3,5-6H2/b9-7+. The lowest BCUT2D eigenvalue weighted by Crippen LogP contribution is -2.00. The van der Waals surface area contributed by atoms with E-state index in [0.717, 1.165) is 6.42 Å². The fraction of sp³-hybridized carbons (Fsp3) is 0.625. The Morgan fingerprint density at radius 2 is 2.60 bits per heavy atom. The minimum absolute atomic E-state index is 0.615. The van der Waals surface area contributed by atoms with Crippen molar-refractivity contribution in [3.8, 4) is 0 Å². The molecule has 2 nitrogen and oxygen atoms in total. The summed E-state index contributed by atoms with van der Waals surface area (Å²) in [7, 11) is 0. The maximum atomic E-state index is 8.14. The van der Waals surface area contributed by atoms with Crippen molar-refractivity contribution in [1.82, 2.24) is 0 Å². The second-order valence-electron chi connectivity index (χ2n) is 2.65. The van der Waals surface area contributed by atoms with Gasteiger partial charge in [-0.15, -0.1) is 5.16 Å². The molecule has 1 unspecified atom stereocenters. The smallest absolute Gasteiger partial charge is 0.0441 e. The van der Waals surface area contributed by atoms with Gasteiger partial charge in [0.2, 0.25) is 0 Å². The predicted molar refractivity (Wildman–Crippen MR) is 41.4 cm³/mol. The molecule has 1 aliphatic carbocycles. The topological polar surface area (TPSA) is 32.6 Å². The van der Waals surface area contributed by atoms with Gasteiger partial charge in [0.15, 0.2) is 0 Å². The highest BCUT2D eigenvalue weighted by Crippen LogP contribution is 2.18. The van der Waals surface area contributed by atoms with E-state index in [1.807, 2.05) is 0 Å². The van der Waals surface area contributed by atoms with E-state index in [1.54, 1.807) is 6.21 Å². The number of hydrogen-bond donors (Lipinski definition) is 1. The number of oxime groups is 1. The normalized spacial score (nSPS) is 25.8. The summed E-state index contributed by atoms with van der Waals surface area (Å²) >= 11 is 0.